The van der Waals surface area contributed by atoms with Gasteiger partial charge in [-0.05, 0) is 39.3 Å². The van der Waals surface area contributed by atoms with Crippen LogP contribution in [-0.4, -0.2) is 88.4 Å². The molecule has 0 saturated carbocycles. The van der Waals surface area contributed by atoms with Crippen LogP contribution in [-0.2, 0) is 4.74 Å². The Bertz CT molecular complexity index is 309. The van der Waals surface area contributed by atoms with Crippen LogP contribution in [0.4, 0.5) is 0 Å². The van der Waals surface area contributed by atoms with Crippen LogP contribution in [0.3, 0.4) is 0 Å². The molecular weight excluding hydrogens is 417 g/mol. The zero-order chi connectivity index (χ0) is 16.8. The maximum absolute atomic E-state index is 5.05. The van der Waals surface area contributed by atoms with E-state index in [1.165, 1.54) is 52.1 Å². The van der Waals surface area contributed by atoms with Crippen molar-refractivity contribution in [1.82, 2.24) is 20.4 Å². The van der Waals surface area contributed by atoms with E-state index >= 15 is 0 Å². The van der Waals surface area contributed by atoms with Crippen LogP contribution >= 0.6 is 24.0 Å². The molecule has 0 spiro atoms. The van der Waals surface area contributed by atoms with Crippen molar-refractivity contribution in [2.24, 2.45) is 4.99 Å². The molecule has 1 heterocycles. The number of ether oxygens (including phenoxy) is 1. The number of guanidine groups is 1. The van der Waals surface area contributed by atoms with Crippen molar-refractivity contribution in [2.75, 3.05) is 72.6 Å². The molecule has 0 atom stereocenters. The molecule has 0 aromatic heterocycles. The van der Waals surface area contributed by atoms with Crippen molar-refractivity contribution >= 4 is 29.9 Å². The third kappa shape index (κ3) is 11.4. The SMILES string of the molecule is CCNC(=NCCCOC)NCCCCN1CCN(CC)CC1.I. The number of unbranched alkanes of at least 4 members (excludes halogenated alkanes) is 1. The third-order valence-corrected chi connectivity index (χ3v) is 4.23. The highest BCUT2D eigenvalue weighted by molar-refractivity contribution is 14.0. The fourth-order valence-corrected chi connectivity index (χ4v) is 2.74. The summed E-state index contributed by atoms with van der Waals surface area (Å²) in [7, 11) is 1.73. The van der Waals surface area contributed by atoms with Gasteiger partial charge in [0.15, 0.2) is 5.96 Å². The summed E-state index contributed by atoms with van der Waals surface area (Å²) in [6.07, 6.45) is 3.41. The molecule has 0 bridgehead atoms. The molecule has 2 N–H and O–H groups in total. The van der Waals surface area contributed by atoms with E-state index in [2.05, 4.69) is 39.3 Å². The molecule has 0 radical (unpaired) electrons. The van der Waals surface area contributed by atoms with Crippen LogP contribution in [0.15, 0.2) is 4.99 Å². The van der Waals surface area contributed by atoms with E-state index in [0.717, 1.165) is 38.6 Å². The van der Waals surface area contributed by atoms with Crippen LogP contribution in [0, 0.1) is 0 Å². The molecule has 1 fully saturated rings. The predicted octanol–water partition coefficient (Wildman–Crippen LogP) is 1.61. The Morgan fingerprint density at radius 1 is 1.00 bits per heavy atom. The number of nitrogens with zero attached hydrogens (tertiary/aromatic N) is 3. The summed E-state index contributed by atoms with van der Waals surface area (Å²) >= 11 is 0. The summed E-state index contributed by atoms with van der Waals surface area (Å²) < 4.78 is 5.05. The molecule has 0 aromatic carbocycles. The Morgan fingerprint density at radius 3 is 2.33 bits per heavy atom. The number of nitrogens with one attached hydrogen (secondary N) is 2. The van der Waals surface area contributed by atoms with Crippen molar-refractivity contribution in [2.45, 2.75) is 33.1 Å². The van der Waals surface area contributed by atoms with E-state index in [1.807, 2.05) is 0 Å². The Morgan fingerprint density at radius 2 is 1.71 bits per heavy atom. The second-order valence-electron chi connectivity index (χ2n) is 6.02. The molecule has 6 nitrogen and oxygen atoms in total. The van der Waals surface area contributed by atoms with Gasteiger partial charge < -0.3 is 25.2 Å². The fraction of sp³-hybridized carbons (Fsp3) is 0.941. The summed E-state index contributed by atoms with van der Waals surface area (Å²) in [5.74, 6) is 0.931. The molecule has 1 saturated heterocycles. The number of hydrogen-bond donors (Lipinski definition) is 2. The molecule has 7 heteroatoms. The standard InChI is InChI=1S/C17H37N5O.HI/c1-4-18-17(20-10-8-16-23-3)19-9-6-7-11-22-14-12-21(5-2)13-15-22;/h4-16H2,1-3H3,(H2,18,19,20);1H. The van der Waals surface area contributed by atoms with Gasteiger partial charge in [-0.2, -0.15) is 0 Å². The zero-order valence-corrected chi connectivity index (χ0v) is 18.2. The number of rotatable bonds is 11. The number of likely N-dealkylation sites (N-methyl/N-ethyl adjacent to an activating group) is 1. The van der Waals surface area contributed by atoms with Crippen molar-refractivity contribution in [3.05, 3.63) is 0 Å². The van der Waals surface area contributed by atoms with Crippen molar-refractivity contribution in [3.8, 4) is 0 Å². The molecule has 1 aliphatic heterocycles. The van der Waals surface area contributed by atoms with Gasteiger partial charge in [-0.3, -0.25) is 4.99 Å². The first-order valence-electron chi connectivity index (χ1n) is 9.26. The quantitative estimate of drug-likeness (QED) is 0.215. The zero-order valence-electron chi connectivity index (χ0n) is 15.9. The molecule has 144 valence electrons. The maximum atomic E-state index is 5.05. The summed E-state index contributed by atoms with van der Waals surface area (Å²) in [6.45, 7) is 15.1. The minimum absolute atomic E-state index is 0. The first-order valence-corrected chi connectivity index (χ1v) is 9.26. The van der Waals surface area contributed by atoms with Gasteiger partial charge in [0.05, 0.1) is 0 Å². The summed E-state index contributed by atoms with van der Waals surface area (Å²) in [6, 6.07) is 0. The lowest BCUT2D eigenvalue weighted by atomic mass is 10.2. The molecule has 0 aromatic rings. The van der Waals surface area contributed by atoms with E-state index in [0.29, 0.717) is 0 Å². The topological polar surface area (TPSA) is 52.1 Å². The molecule has 1 aliphatic rings. The average Bonchev–Trinajstić information content (AvgIpc) is 2.58. The molecular formula is C17H38IN5O. The minimum atomic E-state index is 0. The predicted molar refractivity (Wildman–Crippen MR) is 114 cm³/mol. The van der Waals surface area contributed by atoms with Crippen molar-refractivity contribution in [3.63, 3.8) is 0 Å². The number of hydrogen-bond acceptors (Lipinski definition) is 4. The Labute approximate surface area is 165 Å². The molecule has 0 aliphatic carbocycles. The van der Waals surface area contributed by atoms with Crippen molar-refractivity contribution < 1.29 is 4.74 Å². The summed E-state index contributed by atoms with van der Waals surface area (Å²) in [4.78, 5) is 9.68. The first-order chi connectivity index (χ1) is 11.3. The molecule has 0 unspecified atom stereocenters. The minimum Gasteiger partial charge on any atom is -0.385 e. The van der Waals surface area contributed by atoms with Crippen LogP contribution in [0.5, 0.6) is 0 Å². The third-order valence-electron chi connectivity index (χ3n) is 4.23. The van der Waals surface area contributed by atoms with E-state index in [9.17, 15) is 0 Å². The van der Waals surface area contributed by atoms with Crippen LogP contribution < -0.4 is 10.6 Å². The van der Waals surface area contributed by atoms with Crippen molar-refractivity contribution in [1.29, 1.82) is 0 Å². The van der Waals surface area contributed by atoms with E-state index < -0.39 is 0 Å². The lowest BCUT2D eigenvalue weighted by molar-refractivity contribution is 0.136. The normalized spacial score (nSPS) is 16.7. The van der Waals surface area contributed by atoms with Crippen LogP contribution in [0.25, 0.3) is 0 Å². The molecule has 24 heavy (non-hydrogen) atoms. The monoisotopic (exact) mass is 455 g/mol. The highest BCUT2D eigenvalue weighted by atomic mass is 127. The van der Waals surface area contributed by atoms with Gasteiger partial charge in [-0.1, -0.05) is 6.92 Å². The molecule has 1 rings (SSSR count). The summed E-state index contributed by atoms with van der Waals surface area (Å²) in [5.41, 5.74) is 0. The van der Waals surface area contributed by atoms with Gasteiger partial charge in [0, 0.05) is 59.5 Å². The van der Waals surface area contributed by atoms with Gasteiger partial charge >= 0.3 is 0 Å². The second kappa shape index (κ2) is 16.4. The van der Waals surface area contributed by atoms with Gasteiger partial charge in [0.25, 0.3) is 0 Å². The second-order valence-corrected chi connectivity index (χ2v) is 6.02. The van der Waals surface area contributed by atoms with E-state index in [1.54, 1.807) is 7.11 Å². The highest BCUT2D eigenvalue weighted by Crippen LogP contribution is 2.02. The van der Waals surface area contributed by atoms with E-state index in [-0.39, 0.29) is 24.0 Å². The summed E-state index contributed by atoms with van der Waals surface area (Å²) in [5, 5.41) is 6.72. The van der Waals surface area contributed by atoms with E-state index in [4.69, 9.17) is 4.74 Å². The number of piperazine rings is 1. The van der Waals surface area contributed by atoms with Gasteiger partial charge in [-0.15, -0.1) is 24.0 Å². The average molecular weight is 455 g/mol. The Hall–Kier alpha value is -0.120. The van der Waals surface area contributed by atoms with Gasteiger partial charge in [-0.25, -0.2) is 0 Å². The van der Waals surface area contributed by atoms with Gasteiger partial charge in [0.2, 0.25) is 0 Å². The largest absolute Gasteiger partial charge is 0.385 e. The lowest BCUT2D eigenvalue weighted by Gasteiger charge is -2.34. The Kier molecular flexibility index (Phi) is 16.3. The number of aliphatic imine (C=N–C) groups is 1. The smallest absolute Gasteiger partial charge is 0.191 e. The Balaban J connectivity index is 0.00000529. The first kappa shape index (κ1) is 23.9. The van der Waals surface area contributed by atoms with Gasteiger partial charge in [0.1, 0.15) is 0 Å². The van der Waals surface area contributed by atoms with Crippen LogP contribution in [0.1, 0.15) is 33.1 Å². The van der Waals surface area contributed by atoms with Crippen LogP contribution in [0.2, 0.25) is 0 Å². The maximum Gasteiger partial charge on any atom is 0.191 e. The fourth-order valence-electron chi connectivity index (χ4n) is 2.74. The lowest BCUT2D eigenvalue weighted by Crippen LogP contribution is -2.46. The highest BCUT2D eigenvalue weighted by Gasteiger charge is 2.14. The number of methoxy groups -OCH3 is 1. The molecule has 0 amide bonds. The number of halogens is 1.